The predicted octanol–water partition coefficient (Wildman–Crippen LogP) is 3.36. The Morgan fingerprint density at radius 2 is 1.73 bits per heavy atom. The molecule has 0 saturated heterocycles. The molecule has 26 heavy (non-hydrogen) atoms. The Labute approximate surface area is 157 Å². The number of nitrogens with zero attached hydrogens (tertiary/aromatic N) is 2. The monoisotopic (exact) mass is 392 g/mol. The van der Waals surface area contributed by atoms with Crippen molar-refractivity contribution in [3.63, 3.8) is 0 Å². The Hall–Kier alpha value is -2.64. The van der Waals surface area contributed by atoms with Gasteiger partial charge in [0.2, 0.25) is 0 Å². The molecular weight excluding hydrogens is 376 g/mol. The first-order valence-corrected chi connectivity index (χ1v) is 9.31. The van der Waals surface area contributed by atoms with E-state index in [1.54, 1.807) is 36.4 Å². The summed E-state index contributed by atoms with van der Waals surface area (Å²) in [5.41, 5.74) is 1.57. The van der Waals surface area contributed by atoms with Gasteiger partial charge in [-0.05, 0) is 36.8 Å². The molecule has 0 atom stereocenters. The zero-order valence-electron chi connectivity index (χ0n) is 14.2. The molecule has 0 radical (unpaired) electrons. The minimum Gasteiger partial charge on any atom is -0.466 e. The number of rotatable bonds is 6. The number of carbonyl (C=O) groups excluding carboxylic acids is 1. The molecule has 0 saturated carbocycles. The lowest BCUT2D eigenvalue weighted by Crippen LogP contribution is -2.21. The van der Waals surface area contributed by atoms with Crippen LogP contribution in [0.15, 0.2) is 70.8 Å². The van der Waals surface area contributed by atoms with Crippen molar-refractivity contribution in [2.75, 3.05) is 7.11 Å². The zero-order chi connectivity index (χ0) is 19.2. The molecule has 0 unspecified atom stereocenters. The van der Waals surface area contributed by atoms with Gasteiger partial charge in [-0.3, -0.25) is 0 Å². The van der Waals surface area contributed by atoms with Crippen LogP contribution in [-0.4, -0.2) is 32.1 Å². The van der Waals surface area contributed by atoms with E-state index in [4.69, 9.17) is 11.6 Å². The van der Waals surface area contributed by atoms with Gasteiger partial charge in [0.1, 0.15) is 0 Å². The highest BCUT2D eigenvalue weighted by atomic mass is 35.5. The van der Waals surface area contributed by atoms with Crippen molar-refractivity contribution in [3.05, 3.63) is 77.0 Å². The first-order valence-electron chi connectivity index (χ1n) is 7.50. The number of sulfonamides is 1. The van der Waals surface area contributed by atoms with Crippen LogP contribution < -0.4 is 0 Å². The fraction of sp³-hybridized carbons (Fsp3) is 0.111. The van der Waals surface area contributed by atoms with Gasteiger partial charge in [-0.15, -0.1) is 0 Å². The molecule has 0 fully saturated rings. The summed E-state index contributed by atoms with van der Waals surface area (Å²) in [7, 11) is -2.79. The van der Waals surface area contributed by atoms with E-state index in [0.717, 1.165) is 17.8 Å². The number of benzene rings is 2. The van der Waals surface area contributed by atoms with E-state index in [-0.39, 0.29) is 4.90 Å². The van der Waals surface area contributed by atoms with Gasteiger partial charge in [0.05, 0.1) is 18.2 Å². The molecule has 6 nitrogen and oxygen atoms in total. The standard InChI is InChI=1S/C18H17ClN2O4S/c1-14-3-9-17(10-4-14)26(23,24)21(12-11-18(22)25-2)20-13-15-5-7-16(19)8-6-15/h3-13H,1-2H3/b12-11+,20-13+. The van der Waals surface area contributed by atoms with Crippen molar-refractivity contribution in [1.82, 2.24) is 4.41 Å². The lowest BCUT2D eigenvalue weighted by Gasteiger charge is -2.15. The van der Waals surface area contributed by atoms with Gasteiger partial charge in [0.15, 0.2) is 0 Å². The van der Waals surface area contributed by atoms with Gasteiger partial charge in [0.25, 0.3) is 10.0 Å². The molecule has 0 N–H and O–H groups in total. The van der Waals surface area contributed by atoms with Crippen molar-refractivity contribution in [2.45, 2.75) is 11.8 Å². The zero-order valence-corrected chi connectivity index (χ0v) is 15.7. The van der Waals surface area contributed by atoms with Crippen LogP contribution in [0.3, 0.4) is 0 Å². The van der Waals surface area contributed by atoms with E-state index in [1.807, 2.05) is 6.92 Å². The summed E-state index contributed by atoms with van der Waals surface area (Å²) in [6.45, 7) is 1.85. The van der Waals surface area contributed by atoms with E-state index in [9.17, 15) is 13.2 Å². The summed E-state index contributed by atoms with van der Waals surface area (Å²) >= 11 is 5.83. The van der Waals surface area contributed by atoms with Gasteiger partial charge in [-0.1, -0.05) is 41.4 Å². The maximum absolute atomic E-state index is 12.8. The number of hydrogen-bond acceptors (Lipinski definition) is 5. The Kier molecular flexibility index (Phi) is 6.54. The van der Waals surface area contributed by atoms with E-state index >= 15 is 0 Å². The van der Waals surface area contributed by atoms with Crippen LogP contribution in [0.2, 0.25) is 5.02 Å². The third kappa shape index (κ3) is 5.18. The molecule has 2 rings (SSSR count). The Balaban J connectivity index is 2.39. The summed E-state index contributed by atoms with van der Waals surface area (Å²) in [5, 5.41) is 4.54. The molecule has 136 valence electrons. The molecule has 0 heterocycles. The lowest BCUT2D eigenvalue weighted by molar-refractivity contribution is -0.134. The predicted molar refractivity (Wildman–Crippen MR) is 100 cm³/mol. The van der Waals surface area contributed by atoms with E-state index < -0.39 is 16.0 Å². The van der Waals surface area contributed by atoms with Crippen LogP contribution in [0.25, 0.3) is 0 Å². The SMILES string of the molecule is COC(=O)/C=C/N(/N=C/c1ccc(Cl)cc1)S(=O)(=O)c1ccc(C)cc1. The van der Waals surface area contributed by atoms with Crippen LogP contribution in [0, 0.1) is 6.92 Å². The number of carbonyl (C=O) groups is 1. The molecule has 0 aromatic heterocycles. The maximum Gasteiger partial charge on any atom is 0.332 e. The average molecular weight is 393 g/mol. The molecule has 0 bridgehead atoms. The van der Waals surface area contributed by atoms with Crippen molar-refractivity contribution < 1.29 is 17.9 Å². The van der Waals surface area contributed by atoms with E-state index in [2.05, 4.69) is 9.84 Å². The first kappa shape index (κ1) is 19.7. The van der Waals surface area contributed by atoms with Crippen LogP contribution >= 0.6 is 11.6 Å². The molecule has 8 heteroatoms. The number of esters is 1. The second-order valence-electron chi connectivity index (χ2n) is 5.23. The number of hydrazone groups is 1. The molecule has 2 aromatic carbocycles. The van der Waals surface area contributed by atoms with E-state index in [1.165, 1.54) is 25.5 Å². The molecule has 0 amide bonds. The minimum atomic E-state index is -3.99. The summed E-state index contributed by atoms with van der Waals surface area (Å²) in [4.78, 5) is 11.4. The maximum atomic E-state index is 12.8. The number of methoxy groups -OCH3 is 1. The molecule has 2 aromatic rings. The number of ether oxygens (including phenoxy) is 1. The summed E-state index contributed by atoms with van der Waals surface area (Å²) in [6.07, 6.45) is 3.36. The van der Waals surface area contributed by atoms with E-state index in [0.29, 0.717) is 15.0 Å². The summed E-state index contributed by atoms with van der Waals surface area (Å²) in [5.74, 6) is -0.698. The van der Waals surface area contributed by atoms with Crippen molar-refractivity contribution in [3.8, 4) is 0 Å². The normalized spacial score (nSPS) is 11.8. The fourth-order valence-corrected chi connectivity index (χ4v) is 3.08. The van der Waals surface area contributed by atoms with Gasteiger partial charge in [-0.2, -0.15) is 17.9 Å². The quantitative estimate of drug-likeness (QED) is 0.327. The highest BCUT2D eigenvalue weighted by Crippen LogP contribution is 2.17. The molecule has 0 aliphatic carbocycles. The highest BCUT2D eigenvalue weighted by molar-refractivity contribution is 7.89. The number of aryl methyl sites for hydroxylation is 1. The second-order valence-corrected chi connectivity index (χ2v) is 7.46. The minimum absolute atomic E-state index is 0.0471. The van der Waals surface area contributed by atoms with Crippen LogP contribution in [0.1, 0.15) is 11.1 Å². The van der Waals surface area contributed by atoms with Crippen LogP contribution in [0.5, 0.6) is 0 Å². The number of hydrogen-bond donors (Lipinski definition) is 0. The summed E-state index contributed by atoms with van der Waals surface area (Å²) < 4.78 is 30.8. The topological polar surface area (TPSA) is 76.0 Å². The highest BCUT2D eigenvalue weighted by Gasteiger charge is 2.21. The Morgan fingerprint density at radius 1 is 1.12 bits per heavy atom. The molecule has 0 aliphatic heterocycles. The largest absolute Gasteiger partial charge is 0.466 e. The van der Waals surface area contributed by atoms with Gasteiger partial charge < -0.3 is 4.74 Å². The van der Waals surface area contributed by atoms with Crippen molar-refractivity contribution in [1.29, 1.82) is 0 Å². The van der Waals surface area contributed by atoms with Crippen LogP contribution in [0.4, 0.5) is 0 Å². The molecular formula is C18H17ClN2O4S. The third-order valence-electron chi connectivity index (χ3n) is 3.30. The molecule has 0 aliphatic rings. The number of halogens is 1. The van der Waals surface area contributed by atoms with Crippen molar-refractivity contribution in [2.24, 2.45) is 5.10 Å². The van der Waals surface area contributed by atoms with Crippen LogP contribution in [-0.2, 0) is 19.6 Å². The van der Waals surface area contributed by atoms with Crippen molar-refractivity contribution >= 4 is 33.8 Å². The molecule has 0 spiro atoms. The Bertz CT molecular complexity index is 921. The average Bonchev–Trinajstić information content (AvgIpc) is 2.63. The second kappa shape index (κ2) is 8.64. The fourth-order valence-electron chi connectivity index (χ4n) is 1.86. The third-order valence-corrected chi connectivity index (χ3v) is 5.12. The van der Waals surface area contributed by atoms with Gasteiger partial charge in [-0.25, -0.2) is 4.79 Å². The Morgan fingerprint density at radius 3 is 2.31 bits per heavy atom. The van der Waals surface area contributed by atoms with Gasteiger partial charge in [0, 0.05) is 17.3 Å². The van der Waals surface area contributed by atoms with Gasteiger partial charge >= 0.3 is 5.97 Å². The summed E-state index contributed by atoms with van der Waals surface area (Å²) in [6, 6.07) is 13.0. The smallest absolute Gasteiger partial charge is 0.332 e. The first-order chi connectivity index (χ1) is 12.3. The lowest BCUT2D eigenvalue weighted by atomic mass is 10.2.